The van der Waals surface area contributed by atoms with Crippen LogP contribution in [0.25, 0.3) is 0 Å². The third-order valence-electron chi connectivity index (χ3n) is 3.92. The lowest BCUT2D eigenvalue weighted by atomic mass is 9.96. The van der Waals surface area contributed by atoms with Crippen molar-refractivity contribution in [2.75, 3.05) is 11.9 Å². The van der Waals surface area contributed by atoms with Gasteiger partial charge in [0, 0.05) is 18.7 Å². The van der Waals surface area contributed by atoms with Crippen LogP contribution in [0.4, 0.5) is 14.9 Å². The van der Waals surface area contributed by atoms with Gasteiger partial charge in [-0.05, 0) is 45.0 Å². The predicted octanol–water partition coefficient (Wildman–Crippen LogP) is 2.09. The summed E-state index contributed by atoms with van der Waals surface area (Å²) in [5.41, 5.74) is -2.10. The minimum atomic E-state index is -1.50. The van der Waals surface area contributed by atoms with E-state index in [1.807, 2.05) is 0 Å². The molecular formula is C15H19FN2O4. The molecule has 1 saturated heterocycles. The first-order valence-electron chi connectivity index (χ1n) is 6.92. The highest BCUT2D eigenvalue weighted by molar-refractivity contribution is 5.91. The minimum absolute atomic E-state index is 0.0152. The molecule has 22 heavy (non-hydrogen) atoms. The van der Waals surface area contributed by atoms with Crippen molar-refractivity contribution in [3.8, 4) is 0 Å². The van der Waals surface area contributed by atoms with E-state index in [4.69, 9.17) is 4.74 Å². The number of cyclic esters (lactones) is 1. The number of hydrogen-bond acceptors (Lipinski definition) is 4. The van der Waals surface area contributed by atoms with E-state index in [-0.39, 0.29) is 18.9 Å². The molecule has 1 atom stereocenters. The fourth-order valence-electron chi connectivity index (χ4n) is 2.15. The minimum Gasteiger partial charge on any atom is -0.438 e. The van der Waals surface area contributed by atoms with E-state index in [9.17, 15) is 19.1 Å². The van der Waals surface area contributed by atoms with Crippen LogP contribution in [0.3, 0.4) is 0 Å². The molecule has 2 amide bonds. The van der Waals surface area contributed by atoms with Gasteiger partial charge in [0.2, 0.25) is 5.91 Å². The van der Waals surface area contributed by atoms with Crippen LogP contribution in [0, 0.1) is 5.82 Å². The van der Waals surface area contributed by atoms with Crippen LogP contribution < -0.4 is 5.32 Å². The quantitative estimate of drug-likeness (QED) is 0.892. The summed E-state index contributed by atoms with van der Waals surface area (Å²) in [5, 5.41) is 13.0. The molecule has 120 valence electrons. The molecule has 0 bridgehead atoms. The molecule has 1 aliphatic rings. The van der Waals surface area contributed by atoms with Gasteiger partial charge >= 0.3 is 6.09 Å². The van der Waals surface area contributed by atoms with Gasteiger partial charge in [0.05, 0.1) is 0 Å². The predicted molar refractivity (Wildman–Crippen MR) is 77.5 cm³/mol. The fraction of sp³-hybridized carbons (Fsp3) is 0.467. The number of benzene rings is 1. The second-order valence-electron chi connectivity index (χ2n) is 5.86. The molecule has 7 heteroatoms. The Labute approximate surface area is 127 Å². The highest BCUT2D eigenvalue weighted by Gasteiger charge is 2.56. The lowest BCUT2D eigenvalue weighted by Crippen LogP contribution is -2.54. The molecule has 0 spiro atoms. The number of anilines is 1. The lowest BCUT2D eigenvalue weighted by Gasteiger charge is -2.34. The molecular weight excluding hydrogens is 291 g/mol. The third-order valence-corrected chi connectivity index (χ3v) is 3.92. The molecule has 0 radical (unpaired) electrons. The Bertz CT molecular complexity index is 584. The first-order chi connectivity index (χ1) is 10.1. The second-order valence-corrected chi connectivity index (χ2v) is 5.86. The summed E-state index contributed by atoms with van der Waals surface area (Å²) in [4.78, 5) is 24.8. The van der Waals surface area contributed by atoms with Crippen molar-refractivity contribution < 1.29 is 23.8 Å². The van der Waals surface area contributed by atoms with Gasteiger partial charge in [-0.25, -0.2) is 9.18 Å². The summed E-state index contributed by atoms with van der Waals surface area (Å²) >= 11 is 0. The Kier molecular flexibility index (Phi) is 4.10. The van der Waals surface area contributed by atoms with Gasteiger partial charge in [-0.1, -0.05) is 0 Å². The second kappa shape index (κ2) is 5.57. The Morgan fingerprint density at radius 2 is 1.91 bits per heavy atom. The van der Waals surface area contributed by atoms with E-state index in [1.54, 1.807) is 13.8 Å². The van der Waals surface area contributed by atoms with Crippen molar-refractivity contribution >= 4 is 17.7 Å². The normalized spacial score (nSPS) is 23.3. The number of amides is 2. The van der Waals surface area contributed by atoms with Crippen LogP contribution in [-0.2, 0) is 9.53 Å². The Balaban J connectivity index is 1.94. The number of halogens is 1. The molecule has 0 saturated carbocycles. The molecule has 6 nitrogen and oxygen atoms in total. The van der Waals surface area contributed by atoms with Gasteiger partial charge in [0.1, 0.15) is 5.82 Å². The summed E-state index contributed by atoms with van der Waals surface area (Å²) in [7, 11) is 0. The molecule has 2 rings (SSSR count). The molecule has 1 aliphatic heterocycles. The van der Waals surface area contributed by atoms with Crippen LogP contribution >= 0.6 is 0 Å². The molecule has 1 aromatic rings. The zero-order valence-electron chi connectivity index (χ0n) is 12.7. The van der Waals surface area contributed by atoms with E-state index in [2.05, 4.69) is 5.32 Å². The number of rotatable bonds is 4. The van der Waals surface area contributed by atoms with E-state index >= 15 is 0 Å². The zero-order valence-corrected chi connectivity index (χ0v) is 12.7. The SMILES string of the molecule is CC1(C)OC(=O)N(CCC(=O)Nc2ccc(F)cc2)[C@@]1(C)O. The molecule has 1 heterocycles. The van der Waals surface area contributed by atoms with Crippen LogP contribution in [0.5, 0.6) is 0 Å². The van der Waals surface area contributed by atoms with Crippen molar-refractivity contribution in [3.63, 3.8) is 0 Å². The zero-order chi connectivity index (χ0) is 16.5. The molecule has 1 aromatic carbocycles. The van der Waals surface area contributed by atoms with Gasteiger partial charge in [-0.3, -0.25) is 9.69 Å². The molecule has 0 unspecified atom stereocenters. The van der Waals surface area contributed by atoms with Crippen molar-refractivity contribution in [1.82, 2.24) is 4.90 Å². The average molecular weight is 310 g/mol. The summed E-state index contributed by atoms with van der Waals surface area (Å²) in [5.74, 6) is -0.740. The van der Waals surface area contributed by atoms with Gasteiger partial charge in [0.15, 0.2) is 11.3 Å². The van der Waals surface area contributed by atoms with Crippen molar-refractivity contribution in [2.45, 2.75) is 38.5 Å². The maximum absolute atomic E-state index is 12.8. The van der Waals surface area contributed by atoms with E-state index in [1.165, 1.54) is 31.2 Å². The van der Waals surface area contributed by atoms with Crippen LogP contribution in [0.1, 0.15) is 27.2 Å². The van der Waals surface area contributed by atoms with E-state index in [0.29, 0.717) is 5.69 Å². The monoisotopic (exact) mass is 310 g/mol. The van der Waals surface area contributed by atoms with Crippen LogP contribution in [0.2, 0.25) is 0 Å². The number of carbonyl (C=O) groups is 2. The standard InChI is InChI=1S/C15H19FN2O4/c1-14(2)15(3,21)18(13(20)22-14)9-8-12(19)17-11-6-4-10(16)5-7-11/h4-7,21H,8-9H2,1-3H3,(H,17,19)/t15-/m0/s1. The van der Waals surface area contributed by atoms with Gasteiger partial charge in [-0.15, -0.1) is 0 Å². The third kappa shape index (κ3) is 3.04. The molecule has 0 aliphatic carbocycles. The van der Waals surface area contributed by atoms with Gasteiger partial charge in [-0.2, -0.15) is 0 Å². The topological polar surface area (TPSA) is 78.9 Å². The number of aliphatic hydroxyl groups is 1. The summed E-state index contributed by atoms with van der Waals surface area (Å²) in [6, 6.07) is 5.36. The maximum atomic E-state index is 12.8. The number of hydrogen-bond donors (Lipinski definition) is 2. The number of carbonyl (C=O) groups excluding carboxylic acids is 2. The van der Waals surface area contributed by atoms with Crippen molar-refractivity contribution in [3.05, 3.63) is 30.1 Å². The highest BCUT2D eigenvalue weighted by Crippen LogP contribution is 2.36. The Morgan fingerprint density at radius 3 is 2.41 bits per heavy atom. The fourth-order valence-corrected chi connectivity index (χ4v) is 2.15. The molecule has 0 aromatic heterocycles. The summed E-state index contributed by atoms with van der Waals surface area (Å²) in [6.07, 6.45) is -0.678. The number of nitrogens with one attached hydrogen (secondary N) is 1. The maximum Gasteiger partial charge on any atom is 0.412 e. The molecule has 1 fully saturated rings. The van der Waals surface area contributed by atoms with E-state index in [0.717, 1.165) is 4.90 Å². The van der Waals surface area contributed by atoms with Gasteiger partial charge in [0.25, 0.3) is 0 Å². The van der Waals surface area contributed by atoms with Crippen LogP contribution in [0.15, 0.2) is 24.3 Å². The smallest absolute Gasteiger partial charge is 0.412 e. The average Bonchev–Trinajstić information content (AvgIpc) is 2.55. The summed E-state index contributed by atoms with van der Waals surface area (Å²) in [6.45, 7) is 4.69. The lowest BCUT2D eigenvalue weighted by molar-refractivity contribution is -0.130. The van der Waals surface area contributed by atoms with Gasteiger partial charge < -0.3 is 15.2 Å². The van der Waals surface area contributed by atoms with E-state index < -0.39 is 23.2 Å². The first kappa shape index (κ1) is 16.2. The number of nitrogens with zero attached hydrogens (tertiary/aromatic N) is 1. The highest BCUT2D eigenvalue weighted by atomic mass is 19.1. The largest absolute Gasteiger partial charge is 0.438 e. The van der Waals surface area contributed by atoms with Crippen LogP contribution in [-0.4, -0.2) is 39.9 Å². The summed E-state index contributed by atoms with van der Waals surface area (Å²) < 4.78 is 17.9. The first-order valence-corrected chi connectivity index (χ1v) is 6.92. The van der Waals surface area contributed by atoms with Crippen molar-refractivity contribution in [2.24, 2.45) is 0 Å². The Hall–Kier alpha value is -2.15. The number of ether oxygens (including phenoxy) is 1. The van der Waals surface area contributed by atoms with Crippen molar-refractivity contribution in [1.29, 1.82) is 0 Å². The Morgan fingerprint density at radius 1 is 1.32 bits per heavy atom. The molecule has 2 N–H and O–H groups in total.